The number of hydrogen-bond acceptors (Lipinski definition) is 1. The molecule has 1 nitrogen and oxygen atoms in total. The molecule has 1 aromatic rings. The molecule has 1 aromatic carbocycles. The predicted octanol–water partition coefficient (Wildman–Crippen LogP) is 2.99. The first-order valence-corrected chi connectivity index (χ1v) is 4.83. The third-order valence-corrected chi connectivity index (χ3v) is 2.52. The zero-order chi connectivity index (χ0) is 10.8. The predicted molar refractivity (Wildman–Crippen MR) is 56.1 cm³/mol. The monoisotopic (exact) mass is 196 g/mol. The van der Waals surface area contributed by atoms with Crippen molar-refractivity contribution in [1.29, 1.82) is 0 Å². The van der Waals surface area contributed by atoms with Gasteiger partial charge in [0.1, 0.15) is 6.17 Å². The number of halogens is 1. The molecule has 1 atom stereocenters. The Hall–Kier alpha value is -0.890. The minimum Gasteiger partial charge on any atom is -0.395 e. The number of benzene rings is 1. The Morgan fingerprint density at radius 3 is 2.57 bits per heavy atom. The number of rotatable bonds is 3. The van der Waals surface area contributed by atoms with Crippen LogP contribution in [-0.4, -0.2) is 11.7 Å². The normalized spacial score (nSPS) is 14.1. The van der Waals surface area contributed by atoms with Crippen molar-refractivity contribution in [2.45, 2.75) is 32.4 Å². The summed E-state index contributed by atoms with van der Waals surface area (Å²) < 4.78 is 13.0. The highest BCUT2D eigenvalue weighted by molar-refractivity contribution is 5.30. The minimum atomic E-state index is -0.954. The fourth-order valence-electron chi connectivity index (χ4n) is 1.30. The van der Waals surface area contributed by atoms with Crippen molar-refractivity contribution in [2.75, 3.05) is 6.61 Å². The van der Waals surface area contributed by atoms with E-state index in [0.29, 0.717) is 5.56 Å². The Kier molecular flexibility index (Phi) is 3.27. The maximum absolute atomic E-state index is 13.0. The van der Waals surface area contributed by atoms with Crippen LogP contribution < -0.4 is 0 Å². The van der Waals surface area contributed by atoms with Crippen LogP contribution >= 0.6 is 0 Å². The second-order valence-corrected chi connectivity index (χ2v) is 4.28. The summed E-state index contributed by atoms with van der Waals surface area (Å²) in [5, 5.41) is 9.18. The van der Waals surface area contributed by atoms with Gasteiger partial charge in [-0.3, -0.25) is 0 Å². The lowest BCUT2D eigenvalue weighted by Gasteiger charge is -2.23. The van der Waals surface area contributed by atoms with Crippen LogP contribution in [0.1, 0.15) is 38.1 Å². The van der Waals surface area contributed by atoms with E-state index in [0.717, 1.165) is 5.56 Å². The highest BCUT2D eigenvalue weighted by atomic mass is 19.1. The third-order valence-electron chi connectivity index (χ3n) is 2.52. The number of aliphatic hydroxyl groups excluding tert-OH is 1. The Labute approximate surface area is 84.6 Å². The zero-order valence-electron chi connectivity index (χ0n) is 8.92. The fraction of sp³-hybridized carbons (Fsp3) is 0.500. The van der Waals surface area contributed by atoms with E-state index in [4.69, 9.17) is 0 Å². The molecule has 1 rings (SSSR count). The Bertz CT molecular complexity index is 305. The van der Waals surface area contributed by atoms with Crippen LogP contribution in [0.3, 0.4) is 0 Å². The molecule has 0 saturated heterocycles. The topological polar surface area (TPSA) is 20.2 Å². The van der Waals surface area contributed by atoms with Crippen molar-refractivity contribution in [3.63, 3.8) is 0 Å². The molecule has 0 spiro atoms. The van der Waals surface area contributed by atoms with Crippen LogP contribution in [0.5, 0.6) is 0 Å². The lowest BCUT2D eigenvalue weighted by Crippen LogP contribution is -2.22. The van der Waals surface area contributed by atoms with Crippen molar-refractivity contribution in [3.05, 3.63) is 35.4 Å². The molecule has 0 saturated carbocycles. The van der Waals surface area contributed by atoms with E-state index in [2.05, 4.69) is 0 Å². The summed E-state index contributed by atoms with van der Waals surface area (Å²) in [7, 11) is 0. The quantitative estimate of drug-likeness (QED) is 0.788. The summed E-state index contributed by atoms with van der Waals surface area (Å²) >= 11 is 0. The Balaban J connectivity index is 3.05. The van der Waals surface area contributed by atoms with Crippen molar-refractivity contribution >= 4 is 0 Å². The van der Waals surface area contributed by atoms with E-state index in [1.54, 1.807) is 6.07 Å². The van der Waals surface area contributed by atoms with E-state index in [1.807, 2.05) is 32.0 Å². The second-order valence-electron chi connectivity index (χ2n) is 4.28. The first-order chi connectivity index (χ1) is 6.47. The number of aliphatic hydroxyl groups is 1. The Morgan fingerprint density at radius 2 is 2.07 bits per heavy atom. The van der Waals surface area contributed by atoms with Gasteiger partial charge in [-0.15, -0.1) is 0 Å². The Morgan fingerprint density at radius 1 is 1.43 bits per heavy atom. The van der Waals surface area contributed by atoms with E-state index in [9.17, 15) is 9.50 Å². The van der Waals surface area contributed by atoms with Crippen molar-refractivity contribution in [2.24, 2.45) is 0 Å². The van der Waals surface area contributed by atoms with Gasteiger partial charge in [-0.05, 0) is 18.1 Å². The van der Waals surface area contributed by atoms with Gasteiger partial charge in [0.25, 0.3) is 0 Å². The lowest BCUT2D eigenvalue weighted by molar-refractivity contribution is 0.218. The van der Waals surface area contributed by atoms with Gasteiger partial charge in [0.05, 0.1) is 6.61 Å². The van der Waals surface area contributed by atoms with E-state index < -0.39 is 6.17 Å². The van der Waals surface area contributed by atoms with Crippen LogP contribution in [0, 0.1) is 0 Å². The average Bonchev–Trinajstić information content (AvgIpc) is 2.18. The number of alkyl halides is 1. The van der Waals surface area contributed by atoms with Gasteiger partial charge in [-0.25, -0.2) is 4.39 Å². The molecule has 1 N–H and O–H groups in total. The summed E-state index contributed by atoms with van der Waals surface area (Å²) in [6, 6.07) is 7.34. The first-order valence-electron chi connectivity index (χ1n) is 4.83. The minimum absolute atomic E-state index is 0.0666. The van der Waals surface area contributed by atoms with Gasteiger partial charge < -0.3 is 5.11 Å². The molecule has 14 heavy (non-hydrogen) atoms. The van der Waals surface area contributed by atoms with Gasteiger partial charge in [0, 0.05) is 5.41 Å². The van der Waals surface area contributed by atoms with E-state index in [-0.39, 0.29) is 12.0 Å². The SMILES string of the molecule is CC(F)c1cccc(C(C)(C)CO)c1. The van der Waals surface area contributed by atoms with Gasteiger partial charge >= 0.3 is 0 Å². The molecule has 0 fully saturated rings. The molecule has 1 unspecified atom stereocenters. The van der Waals surface area contributed by atoms with Gasteiger partial charge in [0.2, 0.25) is 0 Å². The number of hydrogen-bond donors (Lipinski definition) is 1. The van der Waals surface area contributed by atoms with Gasteiger partial charge in [-0.1, -0.05) is 38.1 Å². The second kappa shape index (κ2) is 4.09. The van der Waals surface area contributed by atoms with Crippen LogP contribution in [0.2, 0.25) is 0 Å². The van der Waals surface area contributed by atoms with Crippen molar-refractivity contribution in [1.82, 2.24) is 0 Å². The first kappa shape index (κ1) is 11.2. The molecule has 0 amide bonds. The van der Waals surface area contributed by atoms with Crippen molar-refractivity contribution < 1.29 is 9.50 Å². The standard InChI is InChI=1S/C12H17FO/c1-9(13)10-5-4-6-11(7-10)12(2,3)8-14/h4-7,9,14H,8H2,1-3H3. The molecule has 0 heterocycles. The summed E-state index contributed by atoms with van der Waals surface area (Å²) in [4.78, 5) is 0. The van der Waals surface area contributed by atoms with Crippen LogP contribution in [0.25, 0.3) is 0 Å². The van der Waals surface area contributed by atoms with E-state index in [1.165, 1.54) is 6.92 Å². The summed E-state index contributed by atoms with van der Waals surface area (Å²) in [5.41, 5.74) is 1.34. The zero-order valence-corrected chi connectivity index (χ0v) is 8.92. The molecule has 2 heteroatoms. The van der Waals surface area contributed by atoms with Gasteiger partial charge in [0.15, 0.2) is 0 Å². The molecule has 78 valence electrons. The smallest absolute Gasteiger partial charge is 0.122 e. The lowest BCUT2D eigenvalue weighted by atomic mass is 9.84. The highest BCUT2D eigenvalue weighted by Crippen LogP contribution is 2.26. The largest absolute Gasteiger partial charge is 0.395 e. The average molecular weight is 196 g/mol. The molecular weight excluding hydrogens is 179 g/mol. The molecule has 0 aromatic heterocycles. The van der Waals surface area contributed by atoms with Gasteiger partial charge in [-0.2, -0.15) is 0 Å². The van der Waals surface area contributed by atoms with E-state index >= 15 is 0 Å². The molecule has 0 bridgehead atoms. The highest BCUT2D eigenvalue weighted by Gasteiger charge is 2.19. The van der Waals surface area contributed by atoms with Crippen LogP contribution in [0.15, 0.2) is 24.3 Å². The molecular formula is C12H17FO. The summed E-state index contributed by atoms with van der Waals surface area (Å²) in [6.45, 7) is 5.46. The summed E-state index contributed by atoms with van der Waals surface area (Å²) in [6.07, 6.45) is -0.954. The maximum atomic E-state index is 13.0. The molecule has 0 aliphatic carbocycles. The maximum Gasteiger partial charge on any atom is 0.122 e. The summed E-state index contributed by atoms with van der Waals surface area (Å²) in [5.74, 6) is 0. The van der Waals surface area contributed by atoms with Crippen LogP contribution in [0.4, 0.5) is 4.39 Å². The molecule has 0 aliphatic heterocycles. The molecule has 0 aliphatic rings. The third kappa shape index (κ3) is 2.32. The molecule has 0 radical (unpaired) electrons. The fourth-order valence-corrected chi connectivity index (χ4v) is 1.30. The van der Waals surface area contributed by atoms with Crippen molar-refractivity contribution in [3.8, 4) is 0 Å². The van der Waals surface area contributed by atoms with Crippen LogP contribution in [-0.2, 0) is 5.41 Å².